The lowest BCUT2D eigenvalue weighted by atomic mass is 10.2. The summed E-state index contributed by atoms with van der Waals surface area (Å²) in [5.74, 6) is 0.0785. The molecule has 7 nitrogen and oxygen atoms in total. The van der Waals surface area contributed by atoms with Crippen molar-refractivity contribution in [1.29, 1.82) is 0 Å². The first-order valence-corrected chi connectivity index (χ1v) is 6.89. The predicted octanol–water partition coefficient (Wildman–Crippen LogP) is 2.27. The van der Waals surface area contributed by atoms with Crippen LogP contribution in [0.1, 0.15) is 20.3 Å². The van der Waals surface area contributed by atoms with Crippen LogP contribution in [0, 0.1) is 10.1 Å². The number of hydrogen-bond acceptors (Lipinski definition) is 5. The molecule has 0 atom stereocenters. The van der Waals surface area contributed by atoms with E-state index >= 15 is 0 Å². The van der Waals surface area contributed by atoms with Crippen LogP contribution >= 0.6 is 0 Å². The zero-order valence-corrected chi connectivity index (χ0v) is 12.6. The number of nitro groups is 1. The number of nitrogens with one attached hydrogen (secondary N) is 1. The Labute approximate surface area is 124 Å². The number of rotatable bonds is 8. The number of nitrogens with zero attached hydrogens (tertiary/aromatic N) is 2. The van der Waals surface area contributed by atoms with Crippen LogP contribution in [-0.2, 0) is 4.79 Å². The van der Waals surface area contributed by atoms with Crippen LogP contribution in [0.4, 0.5) is 11.4 Å². The second-order valence-electron chi connectivity index (χ2n) is 4.52. The third-order valence-corrected chi connectivity index (χ3v) is 2.97. The van der Waals surface area contributed by atoms with Gasteiger partial charge in [-0.05, 0) is 25.5 Å². The van der Waals surface area contributed by atoms with Crippen molar-refractivity contribution >= 4 is 17.3 Å². The Balaban J connectivity index is 2.91. The van der Waals surface area contributed by atoms with Gasteiger partial charge in [-0.2, -0.15) is 0 Å². The van der Waals surface area contributed by atoms with E-state index in [0.29, 0.717) is 13.2 Å². The summed E-state index contributed by atoms with van der Waals surface area (Å²) in [7, 11) is 1.68. The lowest BCUT2D eigenvalue weighted by molar-refractivity contribution is -0.384. The molecular formula is C14H21N3O4. The highest BCUT2D eigenvalue weighted by molar-refractivity contribution is 5.82. The number of carbonyl (C=O) groups is 1. The van der Waals surface area contributed by atoms with E-state index in [2.05, 4.69) is 5.32 Å². The van der Waals surface area contributed by atoms with Gasteiger partial charge in [-0.3, -0.25) is 14.9 Å². The van der Waals surface area contributed by atoms with E-state index in [1.54, 1.807) is 25.2 Å². The van der Waals surface area contributed by atoms with E-state index in [-0.39, 0.29) is 29.6 Å². The summed E-state index contributed by atoms with van der Waals surface area (Å²) in [5, 5.41) is 14.0. The minimum Gasteiger partial charge on any atom is -0.487 e. The van der Waals surface area contributed by atoms with Crippen LogP contribution < -0.4 is 10.1 Å². The lowest BCUT2D eigenvalue weighted by Crippen LogP contribution is -2.32. The Morgan fingerprint density at radius 3 is 2.71 bits per heavy atom. The van der Waals surface area contributed by atoms with Gasteiger partial charge in [0.1, 0.15) is 5.69 Å². The van der Waals surface area contributed by atoms with E-state index in [1.165, 1.54) is 4.90 Å². The molecule has 0 aliphatic heterocycles. The van der Waals surface area contributed by atoms with Gasteiger partial charge in [-0.25, -0.2) is 0 Å². The molecule has 0 aliphatic carbocycles. The van der Waals surface area contributed by atoms with Gasteiger partial charge >= 0.3 is 5.69 Å². The summed E-state index contributed by atoms with van der Waals surface area (Å²) >= 11 is 0. The Morgan fingerprint density at radius 1 is 1.43 bits per heavy atom. The Morgan fingerprint density at radius 2 is 2.14 bits per heavy atom. The van der Waals surface area contributed by atoms with Crippen LogP contribution in [0.2, 0.25) is 0 Å². The molecule has 1 amide bonds. The molecule has 0 saturated carbocycles. The number of anilines is 1. The van der Waals surface area contributed by atoms with Gasteiger partial charge in [0.25, 0.3) is 0 Å². The van der Waals surface area contributed by atoms with Crippen molar-refractivity contribution in [3.05, 3.63) is 28.3 Å². The quantitative estimate of drug-likeness (QED) is 0.587. The highest BCUT2D eigenvalue weighted by Crippen LogP contribution is 2.34. The SMILES string of the molecule is CCCOc1cccc(NCC(=O)N(C)CC)c1[N+](=O)[O-]. The minimum absolute atomic E-state index is 0.00239. The maximum Gasteiger partial charge on any atom is 0.333 e. The van der Waals surface area contributed by atoms with Crippen molar-refractivity contribution in [3.63, 3.8) is 0 Å². The van der Waals surface area contributed by atoms with Crippen molar-refractivity contribution in [2.75, 3.05) is 32.1 Å². The maximum absolute atomic E-state index is 11.7. The zero-order valence-electron chi connectivity index (χ0n) is 12.6. The summed E-state index contributed by atoms with van der Waals surface area (Å²) in [4.78, 5) is 24.0. The standard InChI is InChI=1S/C14H21N3O4/c1-4-9-21-12-8-6-7-11(14(12)17(19)20)15-10-13(18)16(3)5-2/h6-8,15H,4-5,9-10H2,1-3H3. The fourth-order valence-electron chi connectivity index (χ4n) is 1.66. The molecule has 0 aliphatic rings. The molecule has 1 aromatic rings. The first-order valence-electron chi connectivity index (χ1n) is 6.89. The van der Waals surface area contributed by atoms with Gasteiger partial charge < -0.3 is 15.0 Å². The van der Waals surface area contributed by atoms with E-state index in [1.807, 2.05) is 13.8 Å². The van der Waals surface area contributed by atoms with Crippen molar-refractivity contribution in [2.24, 2.45) is 0 Å². The van der Waals surface area contributed by atoms with E-state index in [4.69, 9.17) is 4.74 Å². The van der Waals surface area contributed by atoms with Crippen molar-refractivity contribution < 1.29 is 14.5 Å². The number of amides is 1. The molecule has 0 spiro atoms. The van der Waals surface area contributed by atoms with Crippen molar-refractivity contribution in [2.45, 2.75) is 20.3 Å². The second kappa shape index (κ2) is 8.08. The molecule has 1 rings (SSSR count). The zero-order chi connectivity index (χ0) is 15.8. The predicted molar refractivity (Wildman–Crippen MR) is 80.7 cm³/mol. The van der Waals surface area contributed by atoms with Crippen LogP contribution in [0.5, 0.6) is 5.75 Å². The molecule has 0 aromatic heterocycles. The van der Waals surface area contributed by atoms with Crippen LogP contribution in [-0.4, -0.2) is 42.5 Å². The van der Waals surface area contributed by atoms with Crippen LogP contribution in [0.3, 0.4) is 0 Å². The molecule has 7 heteroatoms. The molecule has 116 valence electrons. The van der Waals surface area contributed by atoms with Crippen LogP contribution in [0.25, 0.3) is 0 Å². The third-order valence-electron chi connectivity index (χ3n) is 2.97. The molecule has 1 N–H and O–H groups in total. The second-order valence-corrected chi connectivity index (χ2v) is 4.52. The molecule has 0 unspecified atom stereocenters. The number of likely N-dealkylation sites (N-methyl/N-ethyl adjacent to an activating group) is 1. The van der Waals surface area contributed by atoms with Crippen molar-refractivity contribution in [1.82, 2.24) is 4.90 Å². The fraction of sp³-hybridized carbons (Fsp3) is 0.500. The minimum atomic E-state index is -0.499. The Hall–Kier alpha value is -2.31. The van der Waals surface area contributed by atoms with Crippen LogP contribution in [0.15, 0.2) is 18.2 Å². The first kappa shape index (κ1) is 16.7. The van der Waals surface area contributed by atoms with Gasteiger partial charge in [0.2, 0.25) is 5.91 Å². The molecule has 0 fully saturated rings. The van der Waals surface area contributed by atoms with Gasteiger partial charge in [0.05, 0.1) is 18.1 Å². The maximum atomic E-state index is 11.7. The summed E-state index contributed by atoms with van der Waals surface area (Å²) in [5.41, 5.74) is 0.143. The number of benzene rings is 1. The Bertz CT molecular complexity index is 505. The highest BCUT2D eigenvalue weighted by atomic mass is 16.6. The number of nitro benzene ring substituents is 1. The lowest BCUT2D eigenvalue weighted by Gasteiger charge is -2.15. The molecule has 0 heterocycles. The van der Waals surface area contributed by atoms with E-state index in [0.717, 1.165) is 6.42 Å². The van der Waals surface area contributed by atoms with E-state index < -0.39 is 4.92 Å². The highest BCUT2D eigenvalue weighted by Gasteiger charge is 2.21. The largest absolute Gasteiger partial charge is 0.487 e. The molecule has 1 aromatic carbocycles. The molecule has 21 heavy (non-hydrogen) atoms. The summed E-state index contributed by atoms with van der Waals surface area (Å²) in [6, 6.07) is 4.78. The molecule has 0 bridgehead atoms. The van der Waals surface area contributed by atoms with E-state index in [9.17, 15) is 14.9 Å². The average Bonchev–Trinajstić information content (AvgIpc) is 2.49. The molecule has 0 saturated heterocycles. The Kier molecular flexibility index (Phi) is 6.45. The average molecular weight is 295 g/mol. The number of para-hydroxylation sites is 1. The summed E-state index contributed by atoms with van der Waals surface area (Å²) in [6.07, 6.45) is 0.759. The summed E-state index contributed by atoms with van der Waals surface area (Å²) < 4.78 is 5.39. The van der Waals surface area contributed by atoms with Gasteiger partial charge in [-0.15, -0.1) is 0 Å². The number of ether oxygens (including phenoxy) is 1. The number of hydrogen-bond donors (Lipinski definition) is 1. The first-order chi connectivity index (χ1) is 10.0. The molecule has 0 radical (unpaired) electrons. The van der Waals surface area contributed by atoms with Gasteiger partial charge in [0.15, 0.2) is 5.75 Å². The van der Waals surface area contributed by atoms with Gasteiger partial charge in [0, 0.05) is 13.6 Å². The van der Waals surface area contributed by atoms with Gasteiger partial charge in [-0.1, -0.05) is 13.0 Å². The van der Waals surface area contributed by atoms with Crippen molar-refractivity contribution in [3.8, 4) is 5.75 Å². The molecular weight excluding hydrogens is 274 g/mol. The number of carbonyl (C=O) groups excluding carboxylic acids is 1. The summed E-state index contributed by atoms with van der Waals surface area (Å²) in [6.45, 7) is 4.78. The smallest absolute Gasteiger partial charge is 0.333 e. The normalized spacial score (nSPS) is 10.0. The third kappa shape index (κ3) is 4.62. The fourth-order valence-corrected chi connectivity index (χ4v) is 1.66. The topological polar surface area (TPSA) is 84.7 Å². The monoisotopic (exact) mass is 295 g/mol.